The van der Waals surface area contributed by atoms with Crippen molar-refractivity contribution in [2.24, 2.45) is 5.41 Å². The first-order valence-electron chi connectivity index (χ1n) is 7.95. The highest BCUT2D eigenvalue weighted by molar-refractivity contribution is 5.88. The molecule has 2 aliphatic rings. The summed E-state index contributed by atoms with van der Waals surface area (Å²) in [5, 5.41) is 20.8. The van der Waals surface area contributed by atoms with Crippen LogP contribution in [0.4, 0.5) is 0 Å². The van der Waals surface area contributed by atoms with Crippen molar-refractivity contribution in [3.8, 4) is 0 Å². The summed E-state index contributed by atoms with van der Waals surface area (Å²) < 4.78 is 0. The molecule has 1 saturated carbocycles. The number of nitrogens with zero attached hydrogens (tertiary/aromatic N) is 3. The molecule has 0 spiro atoms. The summed E-state index contributed by atoms with van der Waals surface area (Å²) in [7, 11) is 0. The van der Waals surface area contributed by atoms with Gasteiger partial charge in [0.05, 0.1) is 12.7 Å². The van der Waals surface area contributed by atoms with Gasteiger partial charge in [0.2, 0.25) is 5.91 Å². The standard InChI is InChI=1S/C16H24N4O2/c1-15(2)5-3-12(4-6-15)9-14(21)20-8-7-16(22,11-20)13-10-17-19-18-13/h9-10,22H,3-8,11H2,1-2H3,(H,17,18,19). The minimum atomic E-state index is -1.07. The smallest absolute Gasteiger partial charge is 0.246 e. The number of allylic oxidation sites excluding steroid dienone is 1. The van der Waals surface area contributed by atoms with E-state index in [2.05, 4.69) is 29.3 Å². The molecule has 2 heterocycles. The lowest BCUT2D eigenvalue weighted by molar-refractivity contribution is -0.126. The lowest BCUT2D eigenvalue weighted by Crippen LogP contribution is -2.34. The largest absolute Gasteiger partial charge is 0.381 e. The van der Waals surface area contributed by atoms with Crippen molar-refractivity contribution >= 4 is 5.91 Å². The van der Waals surface area contributed by atoms with Gasteiger partial charge in [0.25, 0.3) is 0 Å². The highest BCUT2D eigenvalue weighted by atomic mass is 16.3. The molecule has 22 heavy (non-hydrogen) atoms. The zero-order valence-electron chi connectivity index (χ0n) is 13.3. The number of carbonyl (C=O) groups excluding carboxylic acids is 1. The maximum Gasteiger partial charge on any atom is 0.246 e. The molecule has 6 nitrogen and oxygen atoms in total. The van der Waals surface area contributed by atoms with Crippen LogP contribution in [0.1, 0.15) is 51.6 Å². The molecule has 0 bridgehead atoms. The van der Waals surface area contributed by atoms with Crippen LogP contribution >= 0.6 is 0 Å². The SMILES string of the molecule is CC1(C)CCC(=CC(=O)N2CCC(O)(c3cn[nH]n3)C2)CC1. The Hall–Kier alpha value is -1.69. The summed E-state index contributed by atoms with van der Waals surface area (Å²) in [5.41, 5.74) is 1.06. The van der Waals surface area contributed by atoms with E-state index in [0.717, 1.165) is 25.7 Å². The fraction of sp³-hybridized carbons (Fsp3) is 0.688. The van der Waals surface area contributed by atoms with Gasteiger partial charge >= 0.3 is 0 Å². The van der Waals surface area contributed by atoms with Gasteiger partial charge in [0, 0.05) is 19.0 Å². The molecule has 1 aromatic heterocycles. The minimum Gasteiger partial charge on any atom is -0.381 e. The fourth-order valence-corrected chi connectivity index (χ4v) is 3.27. The Kier molecular flexibility index (Phi) is 3.80. The van der Waals surface area contributed by atoms with Crippen LogP contribution in [0.25, 0.3) is 0 Å². The summed E-state index contributed by atoms with van der Waals surface area (Å²) in [5.74, 6) is 0.00845. The number of H-pyrrole nitrogens is 1. The summed E-state index contributed by atoms with van der Waals surface area (Å²) in [4.78, 5) is 14.1. The molecule has 6 heteroatoms. The average molecular weight is 304 g/mol. The van der Waals surface area contributed by atoms with Gasteiger partial charge in [0.1, 0.15) is 11.3 Å². The van der Waals surface area contributed by atoms with Crippen molar-refractivity contribution in [2.75, 3.05) is 13.1 Å². The number of hydrogen-bond acceptors (Lipinski definition) is 4. The Morgan fingerprint density at radius 2 is 2.09 bits per heavy atom. The number of aromatic amines is 1. The van der Waals surface area contributed by atoms with Gasteiger partial charge in [-0.15, -0.1) is 0 Å². The van der Waals surface area contributed by atoms with Gasteiger partial charge in [0.15, 0.2) is 0 Å². The first-order valence-corrected chi connectivity index (χ1v) is 7.95. The van der Waals surface area contributed by atoms with E-state index < -0.39 is 5.60 Å². The second-order valence-electron chi connectivity index (χ2n) is 7.36. The van der Waals surface area contributed by atoms with Crippen molar-refractivity contribution in [3.63, 3.8) is 0 Å². The molecule has 1 atom stereocenters. The van der Waals surface area contributed by atoms with E-state index in [0.29, 0.717) is 24.1 Å². The number of β-amino-alcohol motifs (C(OH)–C–C–N with tert-alkyl or cyclic N) is 1. The van der Waals surface area contributed by atoms with Gasteiger partial charge < -0.3 is 10.0 Å². The van der Waals surface area contributed by atoms with E-state index in [1.165, 1.54) is 11.8 Å². The minimum absolute atomic E-state index is 0.00845. The van der Waals surface area contributed by atoms with Crippen LogP contribution < -0.4 is 0 Å². The van der Waals surface area contributed by atoms with E-state index >= 15 is 0 Å². The van der Waals surface area contributed by atoms with Gasteiger partial charge in [-0.3, -0.25) is 4.79 Å². The summed E-state index contributed by atoms with van der Waals surface area (Å²) >= 11 is 0. The summed E-state index contributed by atoms with van der Waals surface area (Å²) in [6.45, 7) is 5.40. The first kappa shape index (κ1) is 15.2. The van der Waals surface area contributed by atoms with Gasteiger partial charge in [-0.1, -0.05) is 19.4 Å². The van der Waals surface area contributed by atoms with Crippen LogP contribution in [0.3, 0.4) is 0 Å². The Morgan fingerprint density at radius 3 is 2.73 bits per heavy atom. The number of aromatic nitrogens is 3. The topological polar surface area (TPSA) is 82.1 Å². The number of carbonyl (C=O) groups is 1. The lowest BCUT2D eigenvalue weighted by atomic mass is 9.75. The van der Waals surface area contributed by atoms with E-state index in [-0.39, 0.29) is 12.5 Å². The zero-order chi connectivity index (χ0) is 15.8. The number of nitrogens with one attached hydrogen (secondary N) is 1. The van der Waals surface area contributed by atoms with Gasteiger partial charge in [-0.05, 0) is 31.1 Å². The third-order valence-corrected chi connectivity index (χ3v) is 5.02. The molecule has 1 aromatic rings. The van der Waals surface area contributed by atoms with E-state index in [4.69, 9.17) is 0 Å². The van der Waals surface area contributed by atoms with Crippen LogP contribution in [0.2, 0.25) is 0 Å². The third kappa shape index (κ3) is 3.06. The van der Waals surface area contributed by atoms with E-state index in [1.807, 2.05) is 0 Å². The van der Waals surface area contributed by atoms with Crippen molar-refractivity contribution in [1.82, 2.24) is 20.3 Å². The van der Waals surface area contributed by atoms with Crippen LogP contribution in [0.15, 0.2) is 17.8 Å². The maximum absolute atomic E-state index is 12.4. The molecular weight excluding hydrogens is 280 g/mol. The summed E-state index contributed by atoms with van der Waals surface area (Å²) in [6.07, 6.45) is 8.07. The Morgan fingerprint density at radius 1 is 1.36 bits per heavy atom. The number of hydrogen-bond donors (Lipinski definition) is 2. The quantitative estimate of drug-likeness (QED) is 0.816. The second-order valence-corrected chi connectivity index (χ2v) is 7.36. The molecule has 2 N–H and O–H groups in total. The second kappa shape index (κ2) is 5.50. The van der Waals surface area contributed by atoms with Crippen LogP contribution in [0, 0.1) is 5.41 Å². The third-order valence-electron chi connectivity index (χ3n) is 5.02. The molecule has 0 radical (unpaired) electrons. The van der Waals surface area contributed by atoms with Crippen molar-refractivity contribution in [1.29, 1.82) is 0 Å². The summed E-state index contributed by atoms with van der Waals surface area (Å²) in [6, 6.07) is 0. The normalized spacial score (nSPS) is 28.0. The van der Waals surface area contributed by atoms with Crippen molar-refractivity contribution in [2.45, 2.75) is 51.6 Å². The van der Waals surface area contributed by atoms with Crippen LogP contribution in [0.5, 0.6) is 0 Å². The number of rotatable bonds is 2. The molecule has 1 aliphatic carbocycles. The van der Waals surface area contributed by atoms with Crippen molar-refractivity contribution < 1.29 is 9.90 Å². The highest BCUT2D eigenvalue weighted by Crippen LogP contribution is 2.38. The molecule has 1 saturated heterocycles. The predicted molar refractivity (Wildman–Crippen MR) is 81.8 cm³/mol. The van der Waals surface area contributed by atoms with Crippen LogP contribution in [-0.4, -0.2) is 44.4 Å². The first-order chi connectivity index (χ1) is 10.4. The van der Waals surface area contributed by atoms with Crippen molar-refractivity contribution in [3.05, 3.63) is 23.5 Å². The molecule has 2 fully saturated rings. The fourth-order valence-electron chi connectivity index (χ4n) is 3.27. The Bertz CT molecular complexity index is 567. The molecule has 1 aliphatic heterocycles. The number of aliphatic hydroxyl groups is 1. The Labute approximate surface area is 130 Å². The lowest BCUT2D eigenvalue weighted by Gasteiger charge is -2.31. The maximum atomic E-state index is 12.4. The Balaban J connectivity index is 1.63. The molecule has 3 rings (SSSR count). The molecule has 1 unspecified atom stereocenters. The molecular formula is C16H24N4O2. The predicted octanol–water partition coefficient (Wildman–Crippen LogP) is 1.75. The van der Waals surface area contributed by atoms with Gasteiger partial charge in [-0.25, -0.2) is 0 Å². The molecule has 0 aromatic carbocycles. The van der Waals surface area contributed by atoms with E-state index in [9.17, 15) is 9.90 Å². The highest BCUT2D eigenvalue weighted by Gasteiger charge is 2.41. The molecule has 1 amide bonds. The van der Waals surface area contributed by atoms with E-state index in [1.54, 1.807) is 11.0 Å². The van der Waals surface area contributed by atoms with Crippen LogP contribution in [-0.2, 0) is 10.4 Å². The molecule has 120 valence electrons. The zero-order valence-corrected chi connectivity index (χ0v) is 13.3. The number of likely N-dealkylation sites (tertiary alicyclic amines) is 1. The van der Waals surface area contributed by atoms with Gasteiger partial charge in [-0.2, -0.15) is 15.4 Å². The average Bonchev–Trinajstić information content (AvgIpc) is 3.11. The number of amides is 1. The monoisotopic (exact) mass is 304 g/mol.